The largest absolute Gasteiger partial charge is 0.259 e. The summed E-state index contributed by atoms with van der Waals surface area (Å²) in [6.45, 7) is 8.55. The molecule has 0 radical (unpaired) electrons. The zero-order valence-corrected chi connectivity index (χ0v) is 8.65. The van der Waals surface area contributed by atoms with Gasteiger partial charge < -0.3 is 0 Å². The standard InChI is InChI=1S/C10H16BN/c1-5-9-6(2)10(11)8(4)12-7(9)3/h5,11H2,1-4H3. The van der Waals surface area contributed by atoms with Crippen LogP contribution in [0.3, 0.4) is 0 Å². The second-order valence-electron chi connectivity index (χ2n) is 3.36. The fourth-order valence-electron chi connectivity index (χ4n) is 1.69. The maximum absolute atomic E-state index is 4.50. The minimum absolute atomic E-state index is 1.09. The van der Waals surface area contributed by atoms with Gasteiger partial charge in [-0.15, -0.1) is 0 Å². The Labute approximate surface area is 75.6 Å². The molecule has 0 atom stereocenters. The van der Waals surface area contributed by atoms with Gasteiger partial charge in [0.25, 0.3) is 0 Å². The SMILES string of the molecule is Bc1c(C)nc(C)c(CC)c1C. The van der Waals surface area contributed by atoms with Crippen LogP contribution in [0, 0.1) is 20.8 Å². The van der Waals surface area contributed by atoms with E-state index in [1.165, 1.54) is 28.0 Å². The molecule has 0 saturated carbocycles. The van der Waals surface area contributed by atoms with Gasteiger partial charge in [-0.3, -0.25) is 4.98 Å². The van der Waals surface area contributed by atoms with Gasteiger partial charge in [0.15, 0.2) is 0 Å². The van der Waals surface area contributed by atoms with E-state index < -0.39 is 0 Å². The summed E-state index contributed by atoms with van der Waals surface area (Å²) in [6, 6.07) is 0. The van der Waals surface area contributed by atoms with E-state index in [0.29, 0.717) is 0 Å². The van der Waals surface area contributed by atoms with E-state index in [2.05, 4.69) is 40.5 Å². The van der Waals surface area contributed by atoms with Crippen molar-refractivity contribution in [2.75, 3.05) is 0 Å². The number of aromatic nitrogens is 1. The predicted molar refractivity (Wildman–Crippen MR) is 56.0 cm³/mol. The molecule has 0 unspecified atom stereocenters. The van der Waals surface area contributed by atoms with Crippen LogP contribution in [0.4, 0.5) is 0 Å². The van der Waals surface area contributed by atoms with Gasteiger partial charge in [-0.2, -0.15) is 0 Å². The van der Waals surface area contributed by atoms with Crippen LogP contribution in [-0.2, 0) is 6.42 Å². The average Bonchev–Trinajstić information content (AvgIpc) is 2.01. The van der Waals surface area contributed by atoms with Gasteiger partial charge in [0.2, 0.25) is 0 Å². The third-order valence-electron chi connectivity index (χ3n) is 2.68. The second kappa shape index (κ2) is 3.30. The molecule has 0 amide bonds. The fraction of sp³-hybridized carbons (Fsp3) is 0.500. The van der Waals surface area contributed by atoms with Crippen molar-refractivity contribution in [3.63, 3.8) is 0 Å². The maximum atomic E-state index is 4.50. The third-order valence-corrected chi connectivity index (χ3v) is 2.68. The monoisotopic (exact) mass is 161 g/mol. The van der Waals surface area contributed by atoms with Gasteiger partial charge in [-0.1, -0.05) is 17.9 Å². The van der Waals surface area contributed by atoms with Crippen LogP contribution in [0.1, 0.15) is 29.4 Å². The molecule has 0 fully saturated rings. The Morgan fingerprint density at radius 2 is 1.75 bits per heavy atom. The van der Waals surface area contributed by atoms with Gasteiger partial charge in [0, 0.05) is 11.4 Å². The van der Waals surface area contributed by atoms with Crippen molar-refractivity contribution >= 4 is 13.3 Å². The molecule has 0 bridgehead atoms. The number of rotatable bonds is 1. The van der Waals surface area contributed by atoms with E-state index in [-0.39, 0.29) is 0 Å². The fourth-order valence-corrected chi connectivity index (χ4v) is 1.69. The minimum Gasteiger partial charge on any atom is -0.259 e. The number of hydrogen-bond acceptors (Lipinski definition) is 1. The molecule has 1 aromatic rings. The van der Waals surface area contributed by atoms with E-state index >= 15 is 0 Å². The Bertz CT molecular complexity index is 305. The lowest BCUT2D eigenvalue weighted by molar-refractivity contribution is 1.01. The van der Waals surface area contributed by atoms with E-state index in [4.69, 9.17) is 0 Å². The molecule has 0 aliphatic heterocycles. The van der Waals surface area contributed by atoms with Crippen LogP contribution < -0.4 is 5.46 Å². The van der Waals surface area contributed by atoms with Crippen LogP contribution in [0.5, 0.6) is 0 Å². The van der Waals surface area contributed by atoms with Gasteiger partial charge >= 0.3 is 0 Å². The zero-order chi connectivity index (χ0) is 9.30. The van der Waals surface area contributed by atoms with Crippen molar-refractivity contribution in [3.05, 3.63) is 22.5 Å². The Balaban J connectivity index is 3.40. The van der Waals surface area contributed by atoms with Crippen molar-refractivity contribution in [3.8, 4) is 0 Å². The van der Waals surface area contributed by atoms with Gasteiger partial charge in [-0.05, 0) is 32.8 Å². The van der Waals surface area contributed by atoms with Crippen molar-refractivity contribution in [2.45, 2.75) is 34.1 Å². The Kier molecular flexibility index (Phi) is 2.56. The van der Waals surface area contributed by atoms with Crippen LogP contribution >= 0.6 is 0 Å². The Hall–Kier alpha value is -0.785. The number of pyridine rings is 1. The third kappa shape index (κ3) is 1.38. The summed E-state index contributed by atoms with van der Waals surface area (Å²) in [7, 11) is 2.15. The lowest BCUT2D eigenvalue weighted by atomic mass is 9.86. The summed E-state index contributed by atoms with van der Waals surface area (Å²) in [4.78, 5) is 4.50. The highest BCUT2D eigenvalue weighted by Gasteiger charge is 2.06. The topological polar surface area (TPSA) is 12.9 Å². The highest BCUT2D eigenvalue weighted by Crippen LogP contribution is 2.10. The summed E-state index contributed by atoms with van der Waals surface area (Å²) in [5.41, 5.74) is 6.54. The lowest BCUT2D eigenvalue weighted by Crippen LogP contribution is -2.17. The van der Waals surface area contributed by atoms with Crippen molar-refractivity contribution < 1.29 is 0 Å². The Morgan fingerprint density at radius 3 is 2.25 bits per heavy atom. The molecule has 0 aliphatic carbocycles. The number of nitrogens with zero attached hydrogens (tertiary/aromatic N) is 1. The van der Waals surface area contributed by atoms with Crippen LogP contribution in [0.25, 0.3) is 0 Å². The predicted octanol–water partition coefficient (Wildman–Crippen LogP) is 0.828. The summed E-state index contributed by atoms with van der Waals surface area (Å²) in [6.07, 6.45) is 1.09. The molecular formula is C10H16BN. The van der Waals surface area contributed by atoms with E-state index in [1.54, 1.807) is 0 Å². The Morgan fingerprint density at radius 1 is 1.17 bits per heavy atom. The highest BCUT2D eigenvalue weighted by molar-refractivity contribution is 6.34. The number of aryl methyl sites for hydroxylation is 2. The van der Waals surface area contributed by atoms with E-state index in [0.717, 1.165) is 6.42 Å². The molecular weight excluding hydrogens is 145 g/mol. The molecule has 64 valence electrons. The normalized spacial score (nSPS) is 10.3. The molecule has 0 aromatic carbocycles. The molecule has 1 rings (SSSR count). The summed E-state index contributed by atoms with van der Waals surface area (Å²) in [5, 5.41) is 0. The van der Waals surface area contributed by atoms with Crippen molar-refractivity contribution in [2.24, 2.45) is 0 Å². The molecule has 0 aliphatic rings. The molecule has 2 heteroatoms. The van der Waals surface area contributed by atoms with Crippen LogP contribution in [-0.4, -0.2) is 12.8 Å². The second-order valence-corrected chi connectivity index (χ2v) is 3.36. The smallest absolute Gasteiger partial charge is 0.142 e. The quantitative estimate of drug-likeness (QED) is 0.556. The summed E-state index contributed by atoms with van der Waals surface area (Å²) >= 11 is 0. The first-order chi connectivity index (χ1) is 5.57. The van der Waals surface area contributed by atoms with Gasteiger partial charge in [0.05, 0.1) is 0 Å². The first-order valence-corrected chi connectivity index (χ1v) is 4.51. The molecule has 0 N–H and O–H groups in total. The lowest BCUT2D eigenvalue weighted by Gasteiger charge is -2.12. The highest BCUT2D eigenvalue weighted by atomic mass is 14.7. The first kappa shape index (κ1) is 9.30. The summed E-state index contributed by atoms with van der Waals surface area (Å²) < 4.78 is 0. The molecule has 1 heterocycles. The number of hydrogen-bond donors (Lipinski definition) is 0. The van der Waals surface area contributed by atoms with E-state index in [9.17, 15) is 0 Å². The van der Waals surface area contributed by atoms with Crippen molar-refractivity contribution in [1.82, 2.24) is 4.98 Å². The first-order valence-electron chi connectivity index (χ1n) is 4.51. The zero-order valence-electron chi connectivity index (χ0n) is 8.65. The molecule has 12 heavy (non-hydrogen) atoms. The summed E-state index contributed by atoms with van der Waals surface area (Å²) in [5.74, 6) is 0. The molecule has 1 aromatic heterocycles. The van der Waals surface area contributed by atoms with Gasteiger partial charge in [-0.25, -0.2) is 0 Å². The molecule has 0 spiro atoms. The van der Waals surface area contributed by atoms with E-state index in [1.807, 2.05) is 0 Å². The van der Waals surface area contributed by atoms with Gasteiger partial charge in [0.1, 0.15) is 7.85 Å². The average molecular weight is 161 g/mol. The minimum atomic E-state index is 1.09. The van der Waals surface area contributed by atoms with Crippen molar-refractivity contribution in [1.29, 1.82) is 0 Å². The maximum Gasteiger partial charge on any atom is 0.142 e. The van der Waals surface area contributed by atoms with Crippen LogP contribution in [0.2, 0.25) is 0 Å². The van der Waals surface area contributed by atoms with Crippen LogP contribution in [0.15, 0.2) is 0 Å². The molecule has 0 saturated heterocycles. The molecule has 1 nitrogen and oxygen atoms in total.